The second-order valence-electron chi connectivity index (χ2n) is 11.0. The van der Waals surface area contributed by atoms with Gasteiger partial charge in [0.25, 0.3) is 0 Å². The predicted octanol–water partition coefficient (Wildman–Crippen LogP) is 8.98. The first-order chi connectivity index (χ1) is 20.0. The van der Waals surface area contributed by atoms with Gasteiger partial charge in [0, 0.05) is 35.3 Å². The maximum absolute atomic E-state index is 5.05. The molecule has 5 nitrogen and oxygen atoms in total. The molecule has 0 fully saturated rings. The molecule has 6 aromatic rings. The van der Waals surface area contributed by atoms with Crippen molar-refractivity contribution in [1.82, 2.24) is 19.9 Å². The highest BCUT2D eigenvalue weighted by Gasteiger charge is 2.16. The van der Waals surface area contributed by atoms with Crippen LogP contribution in [0.5, 0.6) is 0 Å². The van der Waals surface area contributed by atoms with Crippen LogP contribution >= 0.6 is 0 Å². The lowest BCUT2D eigenvalue weighted by Gasteiger charge is -2.19. The number of hydrogen-bond donors (Lipinski definition) is 1. The van der Waals surface area contributed by atoms with Gasteiger partial charge < -0.3 is 5.32 Å². The van der Waals surface area contributed by atoms with Crippen LogP contribution in [0.2, 0.25) is 0 Å². The van der Waals surface area contributed by atoms with Gasteiger partial charge in [0.1, 0.15) is 11.6 Å². The van der Waals surface area contributed by atoms with E-state index in [9.17, 15) is 0 Å². The van der Waals surface area contributed by atoms with E-state index in [4.69, 9.17) is 4.98 Å². The zero-order chi connectivity index (χ0) is 28.2. The molecule has 0 unspecified atom stereocenters. The second kappa shape index (κ2) is 11.1. The third kappa shape index (κ3) is 5.75. The van der Waals surface area contributed by atoms with E-state index in [0.29, 0.717) is 11.6 Å². The molecular weight excluding hydrogens is 502 g/mol. The Hall–Kier alpha value is -5.16. The summed E-state index contributed by atoms with van der Waals surface area (Å²) in [5, 5.41) is 3.48. The smallest absolute Gasteiger partial charge is 0.140 e. The molecule has 0 bridgehead atoms. The summed E-state index contributed by atoms with van der Waals surface area (Å²) in [6.07, 6.45) is 5.39. The van der Waals surface area contributed by atoms with E-state index < -0.39 is 0 Å². The van der Waals surface area contributed by atoms with Gasteiger partial charge in [0.15, 0.2) is 0 Å². The van der Waals surface area contributed by atoms with E-state index in [0.717, 1.165) is 44.9 Å². The van der Waals surface area contributed by atoms with Crippen molar-refractivity contribution in [3.05, 3.63) is 133 Å². The highest BCUT2D eigenvalue weighted by atomic mass is 15.1. The molecule has 4 aromatic heterocycles. The second-order valence-corrected chi connectivity index (χ2v) is 11.0. The summed E-state index contributed by atoms with van der Waals surface area (Å²) in [6.45, 7) is 6.68. The Kier molecular flexibility index (Phi) is 7.09. The van der Waals surface area contributed by atoms with Gasteiger partial charge in [-0.05, 0) is 76.7 Å². The van der Waals surface area contributed by atoms with Crippen molar-refractivity contribution < 1.29 is 0 Å². The first-order valence-electron chi connectivity index (χ1n) is 13.7. The molecule has 0 amide bonds. The summed E-state index contributed by atoms with van der Waals surface area (Å²) < 4.78 is 0. The van der Waals surface area contributed by atoms with Crippen LogP contribution in [0.15, 0.2) is 128 Å². The van der Waals surface area contributed by atoms with Crippen molar-refractivity contribution >= 4 is 11.6 Å². The summed E-state index contributed by atoms with van der Waals surface area (Å²) in [6, 6.07) is 37.1. The first-order valence-corrected chi connectivity index (χ1v) is 13.7. The third-order valence-electron chi connectivity index (χ3n) is 7.04. The zero-order valence-corrected chi connectivity index (χ0v) is 23.4. The average Bonchev–Trinajstić information content (AvgIpc) is 3.02. The number of benzene rings is 2. The van der Waals surface area contributed by atoms with Crippen LogP contribution in [-0.4, -0.2) is 19.9 Å². The Balaban J connectivity index is 1.35. The molecule has 5 heteroatoms. The molecule has 0 aliphatic carbocycles. The van der Waals surface area contributed by atoms with Crippen molar-refractivity contribution in [3.8, 4) is 44.9 Å². The van der Waals surface area contributed by atoms with Crippen LogP contribution in [0.25, 0.3) is 44.9 Å². The number of nitrogens with one attached hydrogen (secondary N) is 1. The SMILES string of the molecule is CC(C)(C)c1cccc(-c2cccc(-c3cccnc3Nc3ncccc3-c3cc(-c4ccccc4)ccn3)n2)c1. The van der Waals surface area contributed by atoms with Crippen molar-refractivity contribution in [2.45, 2.75) is 26.2 Å². The molecule has 6 rings (SSSR count). The molecule has 2 aromatic carbocycles. The molecule has 200 valence electrons. The fourth-order valence-electron chi connectivity index (χ4n) is 4.81. The van der Waals surface area contributed by atoms with Gasteiger partial charge in [-0.1, -0.05) is 75.4 Å². The Labute approximate surface area is 241 Å². The molecule has 0 saturated heterocycles. The number of aromatic nitrogens is 4. The Bertz CT molecular complexity index is 1810. The van der Waals surface area contributed by atoms with Gasteiger partial charge >= 0.3 is 0 Å². The Morgan fingerprint density at radius 1 is 0.488 bits per heavy atom. The van der Waals surface area contributed by atoms with Gasteiger partial charge in [-0.2, -0.15) is 0 Å². The maximum Gasteiger partial charge on any atom is 0.140 e. The fourth-order valence-corrected chi connectivity index (χ4v) is 4.81. The van der Waals surface area contributed by atoms with E-state index in [-0.39, 0.29) is 5.41 Å². The van der Waals surface area contributed by atoms with E-state index in [2.05, 4.69) is 89.6 Å². The lowest BCUT2D eigenvalue weighted by Crippen LogP contribution is -2.10. The standard InChI is InChI=1S/C36H31N5/c1-36(2,3)28-14-7-13-27(23-28)31-17-8-18-32(40-31)29-15-9-20-38-34(29)41-35-30(16-10-21-39-35)33-24-26(19-22-37-33)25-11-5-4-6-12-25/h4-24H,1-3H3,(H,38,39,41). The highest BCUT2D eigenvalue weighted by molar-refractivity contribution is 5.83. The minimum Gasteiger partial charge on any atom is -0.324 e. The van der Waals surface area contributed by atoms with Gasteiger partial charge in [0.05, 0.1) is 17.1 Å². The van der Waals surface area contributed by atoms with Crippen LogP contribution < -0.4 is 5.32 Å². The average molecular weight is 534 g/mol. The molecule has 0 aliphatic heterocycles. The number of pyridine rings is 4. The van der Waals surface area contributed by atoms with Crippen LogP contribution in [0, 0.1) is 0 Å². The predicted molar refractivity (Wildman–Crippen MR) is 168 cm³/mol. The lowest BCUT2D eigenvalue weighted by molar-refractivity contribution is 0.590. The van der Waals surface area contributed by atoms with Crippen molar-refractivity contribution in [1.29, 1.82) is 0 Å². The van der Waals surface area contributed by atoms with Gasteiger partial charge in [-0.15, -0.1) is 0 Å². The quantitative estimate of drug-likeness (QED) is 0.231. The largest absolute Gasteiger partial charge is 0.324 e. The summed E-state index contributed by atoms with van der Waals surface area (Å²) in [5.74, 6) is 1.36. The topological polar surface area (TPSA) is 63.6 Å². The van der Waals surface area contributed by atoms with Crippen LogP contribution in [0.1, 0.15) is 26.3 Å². The number of anilines is 2. The van der Waals surface area contributed by atoms with E-state index in [1.165, 1.54) is 5.56 Å². The summed E-state index contributed by atoms with van der Waals surface area (Å²) in [7, 11) is 0. The summed E-state index contributed by atoms with van der Waals surface area (Å²) in [4.78, 5) is 19.1. The number of nitrogens with zero attached hydrogens (tertiary/aromatic N) is 4. The number of hydrogen-bond acceptors (Lipinski definition) is 5. The molecule has 41 heavy (non-hydrogen) atoms. The van der Waals surface area contributed by atoms with Crippen molar-refractivity contribution in [2.24, 2.45) is 0 Å². The van der Waals surface area contributed by atoms with E-state index in [1.54, 1.807) is 12.4 Å². The Morgan fingerprint density at radius 3 is 1.88 bits per heavy atom. The fraction of sp³-hybridized carbons (Fsp3) is 0.111. The van der Waals surface area contributed by atoms with Crippen LogP contribution in [0.4, 0.5) is 11.6 Å². The molecule has 0 saturated carbocycles. The molecule has 0 atom stereocenters. The van der Waals surface area contributed by atoms with Crippen molar-refractivity contribution in [2.75, 3.05) is 5.32 Å². The minimum atomic E-state index is 0.0594. The van der Waals surface area contributed by atoms with Gasteiger partial charge in [0.2, 0.25) is 0 Å². The maximum atomic E-state index is 5.05. The van der Waals surface area contributed by atoms with E-state index in [1.807, 2.05) is 66.9 Å². The van der Waals surface area contributed by atoms with Crippen LogP contribution in [-0.2, 0) is 5.41 Å². The lowest BCUT2D eigenvalue weighted by atomic mass is 9.86. The molecular formula is C36H31N5. The molecule has 1 N–H and O–H groups in total. The van der Waals surface area contributed by atoms with Crippen LogP contribution in [0.3, 0.4) is 0 Å². The highest BCUT2D eigenvalue weighted by Crippen LogP contribution is 2.34. The van der Waals surface area contributed by atoms with E-state index >= 15 is 0 Å². The monoisotopic (exact) mass is 533 g/mol. The van der Waals surface area contributed by atoms with Gasteiger partial charge in [-0.25, -0.2) is 15.0 Å². The molecule has 0 radical (unpaired) electrons. The summed E-state index contributed by atoms with van der Waals surface area (Å²) >= 11 is 0. The van der Waals surface area contributed by atoms with Gasteiger partial charge in [-0.3, -0.25) is 4.98 Å². The molecule has 4 heterocycles. The molecule has 0 aliphatic rings. The summed E-state index contributed by atoms with van der Waals surface area (Å²) in [5.41, 5.74) is 9.03. The first kappa shape index (κ1) is 26.1. The third-order valence-corrected chi connectivity index (χ3v) is 7.04. The zero-order valence-electron chi connectivity index (χ0n) is 23.4. The van der Waals surface area contributed by atoms with Crippen molar-refractivity contribution in [3.63, 3.8) is 0 Å². The normalized spacial score (nSPS) is 11.3. The molecule has 0 spiro atoms. The Morgan fingerprint density at radius 2 is 1.15 bits per heavy atom. The minimum absolute atomic E-state index is 0.0594. The number of rotatable bonds is 6.